The summed E-state index contributed by atoms with van der Waals surface area (Å²) in [5.41, 5.74) is -2.32. The molecule has 1 unspecified atom stereocenters. The van der Waals surface area contributed by atoms with Crippen molar-refractivity contribution in [3.8, 4) is 0 Å². The van der Waals surface area contributed by atoms with Gasteiger partial charge >= 0.3 is 5.70 Å². The predicted octanol–water partition coefficient (Wildman–Crippen LogP) is 2.43. The molecule has 0 spiro atoms. The summed E-state index contributed by atoms with van der Waals surface area (Å²) in [4.78, 5) is 20.2. The van der Waals surface area contributed by atoms with Gasteiger partial charge in [0.2, 0.25) is 5.50 Å². The van der Waals surface area contributed by atoms with E-state index in [-0.39, 0.29) is 5.01 Å². The topological polar surface area (TPSA) is 89.5 Å². The number of alkyl halides is 1. The molecule has 0 N–H and O–H groups in total. The van der Waals surface area contributed by atoms with Crippen LogP contribution in [0.2, 0.25) is 0 Å². The van der Waals surface area contributed by atoms with Gasteiger partial charge < -0.3 is 0 Å². The Kier molecular flexibility index (Phi) is 3.84. The van der Waals surface area contributed by atoms with Crippen molar-refractivity contribution in [1.29, 1.82) is 0 Å². The van der Waals surface area contributed by atoms with Gasteiger partial charge in [-0.1, -0.05) is 51.4 Å². The van der Waals surface area contributed by atoms with Crippen LogP contribution in [0.5, 0.6) is 0 Å². The van der Waals surface area contributed by atoms with Crippen molar-refractivity contribution >= 4 is 46.4 Å². The minimum Gasteiger partial charge on any atom is -0.258 e. The maximum Gasteiger partial charge on any atom is 0.309 e. The number of hydrogen-bond acceptors (Lipinski definition) is 4. The summed E-state index contributed by atoms with van der Waals surface area (Å²) in [5.74, 6) is 0. The van der Waals surface area contributed by atoms with Crippen LogP contribution in [0.1, 0.15) is 0 Å². The molecular weight excluding hydrogens is 308 g/mol. The van der Waals surface area contributed by atoms with Crippen LogP contribution in [0, 0.1) is 20.2 Å². The smallest absolute Gasteiger partial charge is 0.258 e. The number of allylic oxidation sites excluding steroid dienone is 1. The molecule has 0 amide bonds. The largest absolute Gasteiger partial charge is 0.309 e. The fourth-order valence-corrected chi connectivity index (χ4v) is 2.08. The van der Waals surface area contributed by atoms with Gasteiger partial charge in [-0.15, -0.1) is 0 Å². The first-order chi connectivity index (χ1) is 7.29. The minimum atomic E-state index is -1.58. The molecule has 0 fully saturated rings. The zero-order valence-electron chi connectivity index (χ0n) is 7.06. The van der Waals surface area contributed by atoms with Gasteiger partial charge in [0, 0.05) is 0 Å². The molecule has 0 saturated heterocycles. The summed E-state index contributed by atoms with van der Waals surface area (Å²) >= 11 is 22.0. The second kappa shape index (κ2) is 4.62. The predicted molar refractivity (Wildman–Crippen MR) is 57.1 cm³/mol. The molecule has 0 aromatic heterocycles. The van der Waals surface area contributed by atoms with E-state index in [1.807, 2.05) is 0 Å². The number of nitro groups is 2. The maximum absolute atomic E-state index is 10.6. The third kappa shape index (κ3) is 2.03. The molecule has 1 rings (SSSR count). The van der Waals surface area contributed by atoms with Crippen LogP contribution in [-0.4, -0.2) is 20.5 Å². The van der Waals surface area contributed by atoms with E-state index in [9.17, 15) is 20.2 Å². The molecule has 1 aliphatic rings. The number of nitrogens with zero attached hydrogens (tertiary/aromatic N) is 3. The van der Waals surface area contributed by atoms with Crippen LogP contribution in [0.3, 0.4) is 0 Å². The van der Waals surface area contributed by atoms with E-state index in [4.69, 9.17) is 46.4 Å². The van der Waals surface area contributed by atoms with E-state index < -0.39 is 36.4 Å². The second-order valence-corrected chi connectivity index (χ2v) is 4.03. The maximum atomic E-state index is 10.6. The number of hydrogen-bond donors (Lipinski definition) is 0. The Bertz CT molecular complexity index is 433. The van der Waals surface area contributed by atoms with Gasteiger partial charge in [-0.3, -0.25) is 10.1 Å². The van der Waals surface area contributed by atoms with Crippen molar-refractivity contribution in [3.63, 3.8) is 0 Å². The second-order valence-electron chi connectivity index (χ2n) is 2.48. The van der Waals surface area contributed by atoms with E-state index >= 15 is 0 Å². The highest BCUT2D eigenvalue weighted by atomic mass is 35.5. The van der Waals surface area contributed by atoms with Crippen LogP contribution >= 0.6 is 46.4 Å². The average molecular weight is 309 g/mol. The summed E-state index contributed by atoms with van der Waals surface area (Å²) in [5, 5.41) is 18.5. The SMILES string of the molecule is O=[N+]([O-])C1=C(Cl)C(Cl)N([N+](=O)[O-])C(Cl)=C1Cl. The Hall–Kier alpha value is -0.760. The quantitative estimate of drug-likeness (QED) is 0.338. The van der Waals surface area contributed by atoms with Gasteiger partial charge in [0.05, 0.1) is 4.92 Å². The third-order valence-corrected chi connectivity index (χ3v) is 3.32. The van der Waals surface area contributed by atoms with Crippen molar-refractivity contribution in [1.82, 2.24) is 5.01 Å². The normalized spacial score (nSPS) is 21.5. The van der Waals surface area contributed by atoms with Crippen LogP contribution in [0.4, 0.5) is 0 Å². The van der Waals surface area contributed by atoms with Gasteiger partial charge in [0.1, 0.15) is 5.03 Å². The molecule has 11 heteroatoms. The molecule has 7 nitrogen and oxygen atoms in total. The average Bonchev–Trinajstić information content (AvgIpc) is 2.14. The molecule has 1 aliphatic heterocycles. The van der Waals surface area contributed by atoms with Crippen LogP contribution < -0.4 is 0 Å². The lowest BCUT2D eigenvalue weighted by Crippen LogP contribution is -2.38. The van der Waals surface area contributed by atoms with Crippen molar-refractivity contribution in [3.05, 3.63) is 41.1 Å². The zero-order valence-corrected chi connectivity index (χ0v) is 10.1. The molecule has 0 radical (unpaired) electrons. The lowest BCUT2D eigenvalue weighted by atomic mass is 10.3. The van der Waals surface area contributed by atoms with Gasteiger partial charge in [-0.25, -0.2) is 10.1 Å². The summed E-state index contributed by atoms with van der Waals surface area (Å²) in [6.07, 6.45) is 0. The Morgan fingerprint density at radius 3 is 2.06 bits per heavy atom. The minimum absolute atomic E-state index is 0.223. The molecule has 16 heavy (non-hydrogen) atoms. The molecule has 1 atom stereocenters. The Balaban J connectivity index is 3.39. The Morgan fingerprint density at radius 1 is 1.19 bits per heavy atom. The standard InChI is InChI=1S/C5HCl4N3O4/c6-1-3(11(13)14)2(7)5(9)10(4(1)8)12(15)16/h4H. The van der Waals surface area contributed by atoms with E-state index in [1.165, 1.54) is 0 Å². The molecule has 0 aromatic carbocycles. The van der Waals surface area contributed by atoms with Gasteiger partial charge in [0.15, 0.2) is 15.2 Å². The van der Waals surface area contributed by atoms with Gasteiger partial charge in [-0.05, 0) is 0 Å². The van der Waals surface area contributed by atoms with E-state index in [1.54, 1.807) is 0 Å². The first kappa shape index (κ1) is 13.3. The Morgan fingerprint density at radius 2 is 1.69 bits per heavy atom. The fraction of sp³-hybridized carbons (Fsp3) is 0.200. The molecule has 0 bridgehead atoms. The summed E-state index contributed by atoms with van der Waals surface area (Å²) < 4.78 is 0. The first-order valence-corrected chi connectivity index (χ1v) is 5.03. The van der Waals surface area contributed by atoms with Gasteiger partial charge in [-0.2, -0.15) is 0 Å². The highest BCUT2D eigenvalue weighted by molar-refractivity contribution is 6.44. The van der Waals surface area contributed by atoms with Crippen LogP contribution in [0.25, 0.3) is 0 Å². The molecule has 1 heterocycles. The van der Waals surface area contributed by atoms with Crippen molar-refractivity contribution in [2.75, 3.05) is 0 Å². The van der Waals surface area contributed by atoms with E-state index in [0.717, 1.165) is 0 Å². The number of halogens is 4. The van der Waals surface area contributed by atoms with Crippen LogP contribution in [-0.2, 0) is 0 Å². The number of hydrazine groups is 1. The zero-order chi connectivity index (χ0) is 12.6. The van der Waals surface area contributed by atoms with Crippen LogP contribution in [0.15, 0.2) is 20.9 Å². The molecule has 0 saturated carbocycles. The van der Waals surface area contributed by atoms with Crippen molar-refractivity contribution in [2.45, 2.75) is 5.50 Å². The first-order valence-electron chi connectivity index (χ1n) is 3.46. The summed E-state index contributed by atoms with van der Waals surface area (Å²) in [6.45, 7) is 0. The van der Waals surface area contributed by atoms with Gasteiger partial charge in [0.25, 0.3) is 0 Å². The molecule has 0 aromatic rings. The summed E-state index contributed by atoms with van der Waals surface area (Å²) in [7, 11) is 0. The molecule has 0 aliphatic carbocycles. The Labute approximate surface area is 108 Å². The number of rotatable bonds is 2. The lowest BCUT2D eigenvalue weighted by molar-refractivity contribution is -0.644. The lowest BCUT2D eigenvalue weighted by Gasteiger charge is -2.22. The highest BCUT2D eigenvalue weighted by Gasteiger charge is 2.44. The summed E-state index contributed by atoms with van der Waals surface area (Å²) in [6, 6.07) is 0. The monoisotopic (exact) mass is 307 g/mol. The van der Waals surface area contributed by atoms with E-state index in [0.29, 0.717) is 0 Å². The fourth-order valence-electron chi connectivity index (χ4n) is 0.945. The van der Waals surface area contributed by atoms with E-state index in [2.05, 4.69) is 0 Å². The molecule has 88 valence electrons. The van der Waals surface area contributed by atoms with Crippen molar-refractivity contribution in [2.24, 2.45) is 0 Å². The molecular formula is C5HCl4N3O4. The highest BCUT2D eigenvalue weighted by Crippen LogP contribution is 2.39. The van der Waals surface area contributed by atoms with Crippen molar-refractivity contribution < 1.29 is 9.96 Å². The third-order valence-electron chi connectivity index (χ3n) is 1.60.